The van der Waals surface area contributed by atoms with Gasteiger partial charge in [-0.2, -0.15) is 0 Å². The number of Topliss-reactive ketones (excluding diaryl/α,β-unsaturated/α-hetero) is 3. The number of carbonyl (C=O) groups is 3. The highest BCUT2D eigenvalue weighted by atomic mass is 16.5. The van der Waals surface area contributed by atoms with Gasteiger partial charge in [-0.05, 0) is 25.0 Å². The van der Waals surface area contributed by atoms with Crippen LogP contribution >= 0.6 is 0 Å². The molecule has 134 valence electrons. The van der Waals surface area contributed by atoms with Gasteiger partial charge in [0.15, 0.2) is 5.78 Å². The number of hydrogen-bond acceptors (Lipinski definition) is 5. The molecule has 1 aliphatic rings. The number of benzene rings is 1. The minimum absolute atomic E-state index is 0.0535. The van der Waals surface area contributed by atoms with Crippen LogP contribution in [0.15, 0.2) is 18.2 Å². The largest absolute Gasteiger partial charge is 0.535 e. The fourth-order valence-corrected chi connectivity index (χ4v) is 2.96. The number of ketones is 3. The Kier molecular flexibility index (Phi) is 5.83. The Morgan fingerprint density at radius 3 is 2.52 bits per heavy atom. The summed E-state index contributed by atoms with van der Waals surface area (Å²) in [5, 5.41) is 10.2. The molecule has 0 spiro atoms. The lowest BCUT2D eigenvalue weighted by Crippen LogP contribution is -2.35. The standard InChI is InChI=1S/C19H25BO5/c1-12(21)16-7-5-6-13-10-14(20(24)25-18(13)16)11-15(22)8-9-17(23)19(2,3)4/h5-7,14,24H,8-11H2,1-4H3/t14-/m1/s1. The van der Waals surface area contributed by atoms with Gasteiger partial charge in [-0.25, -0.2) is 0 Å². The molecule has 2 rings (SSSR count). The zero-order chi connectivity index (χ0) is 18.8. The van der Waals surface area contributed by atoms with Gasteiger partial charge in [-0.3, -0.25) is 14.4 Å². The van der Waals surface area contributed by atoms with Crippen molar-refractivity contribution < 1.29 is 24.1 Å². The number of hydrogen-bond donors (Lipinski definition) is 1. The number of para-hydroxylation sites is 1. The smallest absolute Gasteiger partial charge is 0.526 e. The summed E-state index contributed by atoms with van der Waals surface area (Å²) in [5.41, 5.74) is 0.814. The van der Waals surface area contributed by atoms with Crippen LogP contribution in [-0.4, -0.2) is 29.5 Å². The van der Waals surface area contributed by atoms with Gasteiger partial charge in [-0.1, -0.05) is 32.9 Å². The van der Waals surface area contributed by atoms with Crippen molar-refractivity contribution in [2.24, 2.45) is 5.41 Å². The zero-order valence-corrected chi connectivity index (χ0v) is 15.3. The van der Waals surface area contributed by atoms with Crippen LogP contribution in [0.1, 0.15) is 62.9 Å². The van der Waals surface area contributed by atoms with Crippen molar-refractivity contribution in [3.63, 3.8) is 0 Å². The number of fused-ring (bicyclic) bond motifs is 1. The molecule has 1 atom stereocenters. The summed E-state index contributed by atoms with van der Waals surface area (Å²) in [4.78, 5) is 35.8. The van der Waals surface area contributed by atoms with Crippen LogP contribution in [0.2, 0.25) is 5.82 Å². The first kappa shape index (κ1) is 19.4. The van der Waals surface area contributed by atoms with E-state index < -0.39 is 12.5 Å². The van der Waals surface area contributed by atoms with Gasteiger partial charge < -0.3 is 9.68 Å². The average molecular weight is 344 g/mol. The second-order valence-electron chi connectivity index (χ2n) is 7.74. The Labute approximate surface area is 148 Å². The highest BCUT2D eigenvalue weighted by Gasteiger charge is 2.37. The van der Waals surface area contributed by atoms with Crippen molar-refractivity contribution >= 4 is 24.5 Å². The molecule has 0 saturated heterocycles. The van der Waals surface area contributed by atoms with Crippen molar-refractivity contribution in [1.29, 1.82) is 0 Å². The molecule has 0 aliphatic carbocycles. The van der Waals surface area contributed by atoms with Crippen molar-refractivity contribution in [3.05, 3.63) is 29.3 Å². The molecule has 25 heavy (non-hydrogen) atoms. The first-order valence-electron chi connectivity index (χ1n) is 8.62. The topological polar surface area (TPSA) is 80.7 Å². The molecule has 0 bridgehead atoms. The van der Waals surface area contributed by atoms with Gasteiger partial charge in [0.05, 0.1) is 5.56 Å². The molecule has 0 unspecified atom stereocenters. The van der Waals surface area contributed by atoms with Crippen molar-refractivity contribution in [1.82, 2.24) is 0 Å². The molecule has 0 fully saturated rings. The summed E-state index contributed by atoms with van der Waals surface area (Å²) in [6.07, 6.45) is 1.02. The van der Waals surface area contributed by atoms with Crippen LogP contribution in [0, 0.1) is 5.41 Å². The van der Waals surface area contributed by atoms with Crippen LogP contribution in [-0.2, 0) is 16.0 Å². The Balaban J connectivity index is 2.00. The van der Waals surface area contributed by atoms with Gasteiger partial charge >= 0.3 is 7.12 Å². The number of carbonyl (C=O) groups excluding carboxylic acids is 3. The quantitative estimate of drug-likeness (QED) is 0.634. The van der Waals surface area contributed by atoms with E-state index in [-0.39, 0.29) is 42.4 Å². The van der Waals surface area contributed by atoms with Crippen LogP contribution in [0.3, 0.4) is 0 Å². The lowest BCUT2D eigenvalue weighted by molar-refractivity contribution is -0.129. The van der Waals surface area contributed by atoms with E-state index in [0.717, 1.165) is 5.56 Å². The van der Waals surface area contributed by atoms with Gasteiger partial charge in [0, 0.05) is 30.5 Å². The van der Waals surface area contributed by atoms with Gasteiger partial charge in [-0.15, -0.1) is 0 Å². The molecule has 0 aromatic heterocycles. The van der Waals surface area contributed by atoms with Crippen LogP contribution in [0.4, 0.5) is 0 Å². The van der Waals surface area contributed by atoms with Crippen molar-refractivity contribution in [3.8, 4) is 5.75 Å². The maximum atomic E-state index is 12.2. The minimum Gasteiger partial charge on any atom is -0.535 e. The first-order valence-corrected chi connectivity index (χ1v) is 8.62. The molecule has 6 heteroatoms. The molecule has 5 nitrogen and oxygen atoms in total. The van der Waals surface area contributed by atoms with E-state index >= 15 is 0 Å². The SMILES string of the molecule is CC(=O)c1cccc2c1OB(O)[C@@H](CC(=O)CCC(=O)C(C)(C)C)C2. The molecular weight excluding hydrogens is 319 g/mol. The summed E-state index contributed by atoms with van der Waals surface area (Å²) in [6.45, 7) is 6.96. The normalized spacial score (nSPS) is 16.8. The van der Waals surface area contributed by atoms with E-state index in [0.29, 0.717) is 17.7 Å². The van der Waals surface area contributed by atoms with E-state index in [1.807, 2.05) is 26.8 Å². The van der Waals surface area contributed by atoms with E-state index in [4.69, 9.17) is 4.65 Å². The van der Waals surface area contributed by atoms with E-state index in [1.54, 1.807) is 12.1 Å². The lowest BCUT2D eigenvalue weighted by Gasteiger charge is -2.28. The van der Waals surface area contributed by atoms with Gasteiger partial charge in [0.1, 0.15) is 17.3 Å². The Morgan fingerprint density at radius 2 is 1.92 bits per heavy atom. The third-order valence-corrected chi connectivity index (χ3v) is 4.56. The molecular formula is C19H25BO5. The van der Waals surface area contributed by atoms with Crippen molar-refractivity contribution in [2.75, 3.05) is 0 Å². The van der Waals surface area contributed by atoms with Crippen LogP contribution in [0.25, 0.3) is 0 Å². The third-order valence-electron chi connectivity index (χ3n) is 4.56. The van der Waals surface area contributed by atoms with E-state index in [9.17, 15) is 19.4 Å². The second-order valence-corrected chi connectivity index (χ2v) is 7.74. The lowest BCUT2D eigenvalue weighted by atomic mass is 9.64. The summed E-state index contributed by atoms with van der Waals surface area (Å²) in [7, 11) is -1.13. The summed E-state index contributed by atoms with van der Waals surface area (Å²) < 4.78 is 5.53. The Bertz CT molecular complexity index is 690. The van der Waals surface area contributed by atoms with Crippen LogP contribution < -0.4 is 4.65 Å². The molecule has 0 radical (unpaired) electrons. The molecule has 0 amide bonds. The maximum Gasteiger partial charge on any atom is 0.526 e. The number of rotatable bonds is 6. The third kappa shape index (κ3) is 4.79. The molecule has 1 N–H and O–H groups in total. The molecule has 1 aliphatic heterocycles. The first-order chi connectivity index (χ1) is 11.6. The average Bonchev–Trinajstić information content (AvgIpc) is 2.51. The predicted octanol–water partition coefficient (Wildman–Crippen LogP) is 3.03. The van der Waals surface area contributed by atoms with Gasteiger partial charge in [0.25, 0.3) is 0 Å². The maximum absolute atomic E-state index is 12.2. The monoisotopic (exact) mass is 344 g/mol. The fourth-order valence-electron chi connectivity index (χ4n) is 2.96. The fraction of sp³-hybridized carbons (Fsp3) is 0.526. The molecule has 0 saturated carbocycles. The predicted molar refractivity (Wildman–Crippen MR) is 95.8 cm³/mol. The van der Waals surface area contributed by atoms with Crippen molar-refractivity contribution in [2.45, 2.75) is 59.2 Å². The highest BCUT2D eigenvalue weighted by molar-refractivity contribution is 6.47. The van der Waals surface area contributed by atoms with E-state index in [1.165, 1.54) is 6.92 Å². The molecule has 1 heterocycles. The molecule has 1 aromatic carbocycles. The van der Waals surface area contributed by atoms with Crippen LogP contribution in [0.5, 0.6) is 5.75 Å². The van der Waals surface area contributed by atoms with E-state index in [2.05, 4.69) is 0 Å². The summed E-state index contributed by atoms with van der Waals surface area (Å²) in [5.74, 6) is -0.0884. The minimum atomic E-state index is -1.13. The van der Waals surface area contributed by atoms with Gasteiger partial charge in [0.2, 0.25) is 0 Å². The highest BCUT2D eigenvalue weighted by Crippen LogP contribution is 2.36. The summed E-state index contributed by atoms with van der Waals surface area (Å²) >= 11 is 0. The summed E-state index contributed by atoms with van der Waals surface area (Å²) in [6, 6.07) is 5.28. The molecule has 1 aromatic rings. The zero-order valence-electron chi connectivity index (χ0n) is 15.3. The Hall–Kier alpha value is -1.95. The second kappa shape index (κ2) is 7.52. The Morgan fingerprint density at radius 1 is 1.24 bits per heavy atom.